The van der Waals surface area contributed by atoms with Gasteiger partial charge in [0.2, 0.25) is 0 Å². The van der Waals surface area contributed by atoms with Gasteiger partial charge in [-0.15, -0.1) is 0 Å². The highest BCUT2D eigenvalue weighted by Crippen LogP contribution is 2.27. The molecule has 2 nitrogen and oxygen atoms in total. The fraction of sp³-hybridized carbons (Fsp3) is 0.636. The summed E-state index contributed by atoms with van der Waals surface area (Å²) in [4.78, 5) is 0. The van der Waals surface area contributed by atoms with Gasteiger partial charge in [-0.25, -0.2) is 0 Å². The summed E-state index contributed by atoms with van der Waals surface area (Å²) in [6.07, 6.45) is -2.54. The van der Waals surface area contributed by atoms with Crippen molar-refractivity contribution in [3.05, 3.63) is 24.2 Å². The summed E-state index contributed by atoms with van der Waals surface area (Å²) in [5.41, 5.74) is 0. The smallest absolute Gasteiger partial charge is 0.389 e. The summed E-state index contributed by atoms with van der Waals surface area (Å²) < 4.78 is 41.5. The van der Waals surface area contributed by atoms with Gasteiger partial charge >= 0.3 is 6.18 Å². The highest BCUT2D eigenvalue weighted by atomic mass is 19.4. The van der Waals surface area contributed by atoms with Gasteiger partial charge in [-0.05, 0) is 31.5 Å². The van der Waals surface area contributed by atoms with Crippen LogP contribution >= 0.6 is 0 Å². The van der Waals surface area contributed by atoms with Crippen molar-refractivity contribution in [2.24, 2.45) is 0 Å². The number of nitrogens with one attached hydrogen (secondary N) is 1. The van der Waals surface area contributed by atoms with Gasteiger partial charge in [-0.2, -0.15) is 13.2 Å². The van der Waals surface area contributed by atoms with Crippen molar-refractivity contribution in [2.45, 2.75) is 38.4 Å². The quantitative estimate of drug-likeness (QED) is 0.813. The van der Waals surface area contributed by atoms with Gasteiger partial charge in [0.05, 0.1) is 12.3 Å². The average Bonchev–Trinajstić information content (AvgIpc) is 2.69. The molecule has 0 aliphatic rings. The third-order valence-electron chi connectivity index (χ3n) is 2.24. The van der Waals surface area contributed by atoms with Gasteiger partial charge in [-0.3, -0.25) is 0 Å². The molecule has 0 aliphatic carbocycles. The molecule has 1 aromatic heterocycles. The van der Waals surface area contributed by atoms with E-state index in [-0.39, 0.29) is 12.5 Å². The molecule has 92 valence electrons. The summed E-state index contributed by atoms with van der Waals surface area (Å²) in [6.45, 7) is 2.65. The number of furan rings is 1. The first-order chi connectivity index (χ1) is 7.53. The van der Waals surface area contributed by atoms with Crippen molar-refractivity contribution >= 4 is 0 Å². The van der Waals surface area contributed by atoms with Crippen molar-refractivity contribution in [1.82, 2.24) is 5.32 Å². The molecule has 1 rings (SSSR count). The zero-order valence-electron chi connectivity index (χ0n) is 9.18. The van der Waals surface area contributed by atoms with Crippen LogP contribution in [0.5, 0.6) is 0 Å². The minimum atomic E-state index is -4.11. The highest BCUT2D eigenvalue weighted by Gasteiger charge is 2.29. The third-order valence-corrected chi connectivity index (χ3v) is 2.24. The molecule has 0 amide bonds. The van der Waals surface area contributed by atoms with Crippen molar-refractivity contribution in [2.75, 3.05) is 6.54 Å². The van der Waals surface area contributed by atoms with Gasteiger partial charge in [0.15, 0.2) is 0 Å². The van der Waals surface area contributed by atoms with Crippen LogP contribution in [0.15, 0.2) is 22.8 Å². The van der Waals surface area contributed by atoms with Crippen LogP contribution in [0.4, 0.5) is 13.2 Å². The maximum absolute atomic E-state index is 12.1. The van der Waals surface area contributed by atoms with Gasteiger partial charge in [-0.1, -0.05) is 6.92 Å². The Balaban J connectivity index is 2.51. The molecular formula is C11H16F3NO. The van der Waals surface area contributed by atoms with Crippen LogP contribution in [0.25, 0.3) is 0 Å². The molecule has 1 atom stereocenters. The van der Waals surface area contributed by atoms with Crippen molar-refractivity contribution in [3.8, 4) is 0 Å². The Kier molecular flexibility index (Phi) is 4.86. The Morgan fingerprint density at radius 2 is 2.19 bits per heavy atom. The van der Waals surface area contributed by atoms with Crippen LogP contribution in [0, 0.1) is 0 Å². The predicted octanol–water partition coefficient (Wildman–Crippen LogP) is 3.66. The molecule has 1 unspecified atom stereocenters. The first-order valence-electron chi connectivity index (χ1n) is 5.36. The average molecular weight is 235 g/mol. The number of alkyl halides is 3. The first-order valence-corrected chi connectivity index (χ1v) is 5.36. The standard InChI is InChI=1S/C11H16F3NO/c1-2-7-15-9(5-6-11(12,13)14)10-4-3-8-16-10/h3-4,8-9,15H,2,5-7H2,1H3. The maximum atomic E-state index is 12.1. The summed E-state index contributed by atoms with van der Waals surface area (Å²) in [5.74, 6) is 0.567. The van der Waals surface area contributed by atoms with E-state index in [9.17, 15) is 13.2 Å². The van der Waals surface area contributed by atoms with E-state index >= 15 is 0 Å². The van der Waals surface area contributed by atoms with Gasteiger partial charge in [0.1, 0.15) is 5.76 Å². The van der Waals surface area contributed by atoms with Crippen LogP contribution in [0.1, 0.15) is 38.0 Å². The fourth-order valence-corrected chi connectivity index (χ4v) is 1.46. The van der Waals surface area contributed by atoms with E-state index in [2.05, 4.69) is 5.32 Å². The molecule has 0 saturated heterocycles. The maximum Gasteiger partial charge on any atom is 0.389 e. The normalized spacial score (nSPS) is 14.0. The molecule has 0 spiro atoms. The van der Waals surface area contributed by atoms with Gasteiger partial charge in [0, 0.05) is 6.42 Å². The second-order valence-corrected chi connectivity index (χ2v) is 3.68. The Morgan fingerprint density at radius 3 is 2.69 bits per heavy atom. The van der Waals surface area contributed by atoms with Crippen LogP contribution in [0.2, 0.25) is 0 Å². The number of hydrogen-bond acceptors (Lipinski definition) is 2. The van der Waals surface area contributed by atoms with Crippen molar-refractivity contribution in [3.63, 3.8) is 0 Å². The number of halogens is 3. The van der Waals surface area contributed by atoms with E-state index in [0.29, 0.717) is 12.3 Å². The third kappa shape index (κ3) is 4.70. The number of hydrogen-bond donors (Lipinski definition) is 1. The minimum Gasteiger partial charge on any atom is -0.468 e. The highest BCUT2D eigenvalue weighted by molar-refractivity contribution is 5.04. The lowest BCUT2D eigenvalue weighted by Crippen LogP contribution is -2.23. The van der Waals surface area contributed by atoms with E-state index in [1.807, 2.05) is 6.92 Å². The monoisotopic (exact) mass is 235 g/mol. The fourth-order valence-electron chi connectivity index (χ4n) is 1.46. The molecule has 0 saturated carbocycles. The van der Waals surface area contributed by atoms with Crippen LogP contribution in [0.3, 0.4) is 0 Å². The molecule has 0 bridgehead atoms. The topological polar surface area (TPSA) is 25.2 Å². The van der Waals surface area contributed by atoms with Crippen molar-refractivity contribution < 1.29 is 17.6 Å². The molecule has 16 heavy (non-hydrogen) atoms. The Hall–Kier alpha value is -0.970. The second kappa shape index (κ2) is 5.94. The molecular weight excluding hydrogens is 219 g/mol. The van der Waals surface area contributed by atoms with E-state index in [0.717, 1.165) is 6.42 Å². The molecule has 1 N–H and O–H groups in total. The van der Waals surface area contributed by atoms with Crippen LogP contribution in [-0.2, 0) is 0 Å². The molecule has 0 aromatic carbocycles. The van der Waals surface area contributed by atoms with Crippen molar-refractivity contribution in [1.29, 1.82) is 0 Å². The van der Waals surface area contributed by atoms with E-state index < -0.39 is 12.6 Å². The van der Waals surface area contributed by atoms with E-state index in [1.165, 1.54) is 6.26 Å². The Morgan fingerprint density at radius 1 is 1.44 bits per heavy atom. The molecule has 0 radical (unpaired) electrons. The Bertz CT molecular complexity index is 282. The lowest BCUT2D eigenvalue weighted by Gasteiger charge is -2.17. The SMILES string of the molecule is CCCNC(CCC(F)(F)F)c1ccco1. The summed E-state index contributed by atoms with van der Waals surface area (Å²) >= 11 is 0. The minimum absolute atomic E-state index is 0.0109. The number of rotatable bonds is 6. The van der Waals surface area contributed by atoms with Crippen LogP contribution < -0.4 is 5.32 Å². The second-order valence-electron chi connectivity index (χ2n) is 3.68. The van der Waals surface area contributed by atoms with Gasteiger partial charge in [0.25, 0.3) is 0 Å². The first kappa shape index (κ1) is 13.1. The largest absolute Gasteiger partial charge is 0.468 e. The zero-order valence-corrected chi connectivity index (χ0v) is 9.18. The summed E-state index contributed by atoms with van der Waals surface area (Å²) in [6, 6.07) is 3.03. The van der Waals surface area contributed by atoms with Crippen LogP contribution in [-0.4, -0.2) is 12.7 Å². The van der Waals surface area contributed by atoms with E-state index in [1.54, 1.807) is 12.1 Å². The molecule has 0 aliphatic heterocycles. The lowest BCUT2D eigenvalue weighted by atomic mass is 10.1. The predicted molar refractivity (Wildman–Crippen MR) is 55.0 cm³/mol. The summed E-state index contributed by atoms with van der Waals surface area (Å²) in [7, 11) is 0. The molecule has 0 fully saturated rings. The molecule has 1 aromatic rings. The van der Waals surface area contributed by atoms with E-state index in [4.69, 9.17) is 4.42 Å². The van der Waals surface area contributed by atoms with Gasteiger partial charge < -0.3 is 9.73 Å². The molecule has 5 heteroatoms. The summed E-state index contributed by atoms with van der Waals surface area (Å²) in [5, 5.41) is 3.05. The molecule has 1 heterocycles. The zero-order chi connectivity index (χ0) is 12.0. The lowest BCUT2D eigenvalue weighted by molar-refractivity contribution is -0.136. The Labute approximate surface area is 92.8 Å².